The van der Waals surface area contributed by atoms with Gasteiger partial charge in [0.25, 0.3) is 5.69 Å². The van der Waals surface area contributed by atoms with Crippen molar-refractivity contribution in [2.24, 2.45) is 0 Å². The number of carbonyl (C=O) groups is 2. The fourth-order valence-electron chi connectivity index (χ4n) is 4.45. The summed E-state index contributed by atoms with van der Waals surface area (Å²) in [5.41, 5.74) is 0.769. The number of methoxy groups -OCH3 is 1. The highest BCUT2D eigenvalue weighted by atomic mass is 35.5. The van der Waals surface area contributed by atoms with Crippen molar-refractivity contribution in [3.63, 3.8) is 0 Å². The van der Waals surface area contributed by atoms with Crippen molar-refractivity contribution in [2.75, 3.05) is 30.8 Å². The molecule has 1 atom stereocenters. The van der Waals surface area contributed by atoms with E-state index in [1.807, 2.05) is 37.3 Å². The van der Waals surface area contributed by atoms with Gasteiger partial charge in [-0.1, -0.05) is 73.5 Å². The smallest absolute Gasteiger partial charge is 0.271 e. The lowest BCUT2D eigenvalue weighted by Gasteiger charge is -2.34. The maximum atomic E-state index is 14.2. The number of hydrogen-bond donors (Lipinski definition) is 1. The van der Waals surface area contributed by atoms with Crippen molar-refractivity contribution in [2.45, 2.75) is 38.8 Å². The summed E-state index contributed by atoms with van der Waals surface area (Å²) in [5.74, 6) is -1.11. The van der Waals surface area contributed by atoms with E-state index in [0.29, 0.717) is 17.1 Å². The Morgan fingerprint density at radius 2 is 1.74 bits per heavy atom. The Morgan fingerprint density at radius 3 is 2.35 bits per heavy atom. The minimum Gasteiger partial charge on any atom is -0.495 e. The summed E-state index contributed by atoms with van der Waals surface area (Å²) in [6.45, 7) is 1.53. The highest BCUT2D eigenvalue weighted by molar-refractivity contribution is 7.92. The van der Waals surface area contributed by atoms with E-state index >= 15 is 0 Å². The number of sulfonamides is 1. The number of unbranched alkanes of at least 4 members (excludes halogenated alkanes) is 1. The number of hydrogen-bond acceptors (Lipinski definition) is 7. The third-order valence-electron chi connectivity index (χ3n) is 6.72. The highest BCUT2D eigenvalue weighted by Gasteiger charge is 2.34. The molecule has 3 rings (SSSR count). The van der Waals surface area contributed by atoms with Crippen LogP contribution in [-0.4, -0.2) is 62.6 Å². The van der Waals surface area contributed by atoms with Crippen LogP contribution in [0.4, 0.5) is 11.4 Å². The van der Waals surface area contributed by atoms with E-state index in [1.165, 1.54) is 24.1 Å². The zero-order chi connectivity index (χ0) is 31.6. The fourth-order valence-corrected chi connectivity index (χ4v) is 5.49. The molecule has 0 unspecified atom stereocenters. The summed E-state index contributed by atoms with van der Waals surface area (Å²) in [6.07, 6.45) is 2.61. The van der Waals surface area contributed by atoms with E-state index in [9.17, 15) is 28.1 Å². The first-order chi connectivity index (χ1) is 20.5. The van der Waals surface area contributed by atoms with E-state index in [0.717, 1.165) is 35.0 Å². The van der Waals surface area contributed by atoms with Gasteiger partial charge in [0.2, 0.25) is 21.8 Å². The number of anilines is 1. The molecule has 0 fully saturated rings. The van der Waals surface area contributed by atoms with Gasteiger partial charge >= 0.3 is 0 Å². The highest BCUT2D eigenvalue weighted by Crippen LogP contribution is 2.34. The van der Waals surface area contributed by atoms with Crippen molar-refractivity contribution >= 4 is 44.8 Å². The van der Waals surface area contributed by atoms with Gasteiger partial charge in [-0.25, -0.2) is 8.42 Å². The molecule has 0 saturated carbocycles. The predicted molar refractivity (Wildman–Crippen MR) is 166 cm³/mol. The lowest BCUT2D eigenvalue weighted by Crippen LogP contribution is -2.53. The molecule has 0 spiro atoms. The number of halogens is 1. The van der Waals surface area contributed by atoms with E-state index < -0.39 is 39.3 Å². The summed E-state index contributed by atoms with van der Waals surface area (Å²) in [4.78, 5) is 40.0. The topological polar surface area (TPSA) is 139 Å². The molecule has 0 aliphatic carbocycles. The molecule has 2 amide bonds. The zero-order valence-corrected chi connectivity index (χ0v) is 25.8. The first kappa shape index (κ1) is 33.3. The lowest BCUT2D eigenvalue weighted by atomic mass is 10.0. The molecule has 3 aromatic rings. The van der Waals surface area contributed by atoms with Crippen LogP contribution in [0.15, 0.2) is 72.8 Å². The first-order valence-electron chi connectivity index (χ1n) is 13.6. The monoisotopic (exact) mass is 630 g/mol. The SMILES string of the molecule is CCCCNC(=O)[C@H](Cc1ccccc1)N(Cc1ccccc1Cl)C(=O)CN(c1cc([N+](=O)[O-])ccc1OC)S(C)(=O)=O. The number of nitro groups is 1. The van der Waals surface area contributed by atoms with Gasteiger partial charge in [-0.3, -0.25) is 24.0 Å². The lowest BCUT2D eigenvalue weighted by molar-refractivity contribution is -0.384. The molecule has 11 nitrogen and oxygen atoms in total. The molecule has 0 bridgehead atoms. The molecular formula is C30H35ClN4O7S. The summed E-state index contributed by atoms with van der Waals surface area (Å²) in [7, 11) is -2.88. The third-order valence-corrected chi connectivity index (χ3v) is 8.22. The Kier molecular flexibility index (Phi) is 11.9. The van der Waals surface area contributed by atoms with Crippen LogP contribution in [0.25, 0.3) is 0 Å². The van der Waals surface area contributed by atoms with Crippen LogP contribution in [-0.2, 0) is 32.6 Å². The molecule has 43 heavy (non-hydrogen) atoms. The van der Waals surface area contributed by atoms with Gasteiger partial charge in [-0.05, 0) is 29.7 Å². The molecule has 0 radical (unpaired) electrons. The first-order valence-corrected chi connectivity index (χ1v) is 15.8. The number of carbonyl (C=O) groups excluding carboxylic acids is 2. The zero-order valence-electron chi connectivity index (χ0n) is 24.2. The molecule has 0 aliphatic rings. The van der Waals surface area contributed by atoms with Crippen LogP contribution in [0.2, 0.25) is 5.02 Å². The van der Waals surface area contributed by atoms with E-state index in [2.05, 4.69) is 5.32 Å². The summed E-state index contributed by atoms with van der Waals surface area (Å²) >= 11 is 6.46. The molecule has 0 aromatic heterocycles. The quantitative estimate of drug-likeness (QED) is 0.147. The van der Waals surface area contributed by atoms with Gasteiger partial charge in [0.1, 0.15) is 24.0 Å². The second kappa shape index (κ2) is 15.4. The van der Waals surface area contributed by atoms with Gasteiger partial charge in [-0.15, -0.1) is 0 Å². The number of amides is 2. The molecule has 0 aliphatic heterocycles. The third kappa shape index (κ3) is 9.16. The molecule has 1 N–H and O–H groups in total. The summed E-state index contributed by atoms with van der Waals surface area (Å²) in [6, 6.07) is 18.4. The average Bonchev–Trinajstić information content (AvgIpc) is 2.98. The van der Waals surface area contributed by atoms with Gasteiger partial charge < -0.3 is 15.0 Å². The van der Waals surface area contributed by atoms with Crippen LogP contribution < -0.4 is 14.4 Å². The van der Waals surface area contributed by atoms with E-state index in [4.69, 9.17) is 16.3 Å². The second-order valence-electron chi connectivity index (χ2n) is 9.85. The molecular weight excluding hydrogens is 596 g/mol. The number of nitrogens with one attached hydrogen (secondary N) is 1. The van der Waals surface area contributed by atoms with Crippen LogP contribution in [0.5, 0.6) is 5.75 Å². The Hall–Kier alpha value is -4.16. The Balaban J connectivity index is 2.12. The van der Waals surface area contributed by atoms with Crippen molar-refractivity contribution in [3.8, 4) is 5.75 Å². The number of rotatable bonds is 15. The molecule has 0 saturated heterocycles. The Bertz CT molecular complexity index is 1540. The molecule has 3 aromatic carbocycles. The van der Waals surface area contributed by atoms with E-state index in [-0.39, 0.29) is 30.1 Å². The minimum atomic E-state index is -4.17. The number of benzene rings is 3. The van der Waals surface area contributed by atoms with Crippen LogP contribution in [0, 0.1) is 10.1 Å². The van der Waals surface area contributed by atoms with Gasteiger partial charge in [0.05, 0.1) is 18.3 Å². The predicted octanol–water partition coefficient (Wildman–Crippen LogP) is 4.58. The van der Waals surface area contributed by atoms with Crippen molar-refractivity contribution in [3.05, 3.63) is 99.1 Å². The number of nitrogens with zero attached hydrogens (tertiary/aromatic N) is 3. The van der Waals surface area contributed by atoms with Gasteiger partial charge in [0, 0.05) is 36.7 Å². The minimum absolute atomic E-state index is 0.0135. The Labute approximate surface area is 256 Å². The maximum Gasteiger partial charge on any atom is 0.271 e. The second-order valence-corrected chi connectivity index (χ2v) is 12.2. The van der Waals surface area contributed by atoms with Crippen molar-refractivity contribution < 1.29 is 27.7 Å². The van der Waals surface area contributed by atoms with Crippen molar-refractivity contribution in [1.29, 1.82) is 0 Å². The Morgan fingerprint density at radius 1 is 1.07 bits per heavy atom. The van der Waals surface area contributed by atoms with Crippen LogP contribution in [0.3, 0.4) is 0 Å². The normalized spacial score (nSPS) is 11.8. The molecule has 0 heterocycles. The summed E-state index contributed by atoms with van der Waals surface area (Å²) in [5, 5.41) is 14.8. The summed E-state index contributed by atoms with van der Waals surface area (Å²) < 4.78 is 32.1. The molecule has 13 heteroatoms. The van der Waals surface area contributed by atoms with Gasteiger partial charge in [0.15, 0.2) is 0 Å². The van der Waals surface area contributed by atoms with Crippen LogP contribution >= 0.6 is 11.6 Å². The number of ether oxygens (including phenoxy) is 1. The largest absolute Gasteiger partial charge is 0.495 e. The fraction of sp³-hybridized carbons (Fsp3) is 0.333. The number of nitro benzene ring substituents is 1. The van der Waals surface area contributed by atoms with Crippen LogP contribution in [0.1, 0.15) is 30.9 Å². The maximum absolute atomic E-state index is 14.2. The van der Waals surface area contributed by atoms with Crippen molar-refractivity contribution in [1.82, 2.24) is 10.2 Å². The standard InChI is InChI=1S/C30H35ClN4O7S/c1-4-5-17-32-30(37)27(18-22-11-7-6-8-12-22)33(20-23-13-9-10-14-25(23)31)29(36)21-34(43(3,40)41)26-19-24(35(38)39)15-16-28(26)42-2/h6-16,19,27H,4-5,17-18,20-21H2,1-3H3,(H,32,37)/t27-/m0/s1. The van der Waals surface area contributed by atoms with E-state index in [1.54, 1.807) is 24.3 Å². The average molecular weight is 631 g/mol. The number of non-ortho nitro benzene ring substituents is 1. The molecule has 230 valence electrons. The van der Waals surface area contributed by atoms with Gasteiger partial charge in [-0.2, -0.15) is 0 Å².